The van der Waals surface area contributed by atoms with Gasteiger partial charge in [-0.3, -0.25) is 23.4 Å². The van der Waals surface area contributed by atoms with Crippen LogP contribution in [0.25, 0.3) is 0 Å². The molecule has 7 N–H and O–H groups in total. The maximum atomic E-state index is 12.0. The zero-order valence-corrected chi connectivity index (χ0v) is 19.5. The number of H-pyrrole nitrogens is 1. The SMILES string of the molecule is NCCOCCOCCOP(=O)(O)OP(=O)(O)OCC1OC(n2ccc(=O)[nH]c2=O)C(O)C1O. The van der Waals surface area contributed by atoms with Gasteiger partial charge in [0.15, 0.2) is 6.23 Å². The molecule has 6 atom stereocenters. The van der Waals surface area contributed by atoms with E-state index in [1.807, 2.05) is 4.98 Å². The van der Waals surface area contributed by atoms with E-state index >= 15 is 0 Å². The number of aliphatic hydroxyl groups is 2. The summed E-state index contributed by atoms with van der Waals surface area (Å²) in [6, 6.07) is 0.975. The Kier molecular flexibility index (Phi) is 11.2. The molecule has 1 aliphatic rings. The number of phosphoric acid groups is 2. The minimum Gasteiger partial charge on any atom is -0.387 e. The van der Waals surface area contributed by atoms with Crippen LogP contribution < -0.4 is 17.0 Å². The number of hydrogen-bond acceptors (Lipinski definition) is 13. The summed E-state index contributed by atoms with van der Waals surface area (Å²) in [4.78, 5) is 44.2. The molecular formula is C15H27N3O14P2. The minimum absolute atomic E-state index is 0.151. The summed E-state index contributed by atoms with van der Waals surface area (Å²) in [5, 5.41) is 20.2. The van der Waals surface area contributed by atoms with Gasteiger partial charge in [0, 0.05) is 18.8 Å². The summed E-state index contributed by atoms with van der Waals surface area (Å²) < 4.78 is 53.2. The fraction of sp³-hybridized carbons (Fsp3) is 0.733. The Morgan fingerprint density at radius 3 is 2.26 bits per heavy atom. The van der Waals surface area contributed by atoms with Crippen LogP contribution in [0.1, 0.15) is 6.23 Å². The largest absolute Gasteiger partial charge is 0.481 e. The number of nitrogens with one attached hydrogen (secondary N) is 1. The molecule has 1 aromatic rings. The number of aromatic amines is 1. The molecule has 0 bridgehead atoms. The third kappa shape index (κ3) is 9.05. The Labute approximate surface area is 192 Å². The van der Waals surface area contributed by atoms with Gasteiger partial charge in [-0.05, 0) is 0 Å². The number of nitrogens with zero attached hydrogens (tertiary/aromatic N) is 1. The second-order valence-electron chi connectivity index (χ2n) is 6.72. The number of hydrogen-bond donors (Lipinski definition) is 6. The Hall–Kier alpha value is -1.30. The van der Waals surface area contributed by atoms with Crippen LogP contribution in [-0.4, -0.2) is 94.0 Å². The van der Waals surface area contributed by atoms with Gasteiger partial charge in [0.2, 0.25) is 0 Å². The molecule has 34 heavy (non-hydrogen) atoms. The highest BCUT2D eigenvalue weighted by atomic mass is 31.3. The molecule has 19 heteroatoms. The minimum atomic E-state index is -5.19. The van der Waals surface area contributed by atoms with Crippen LogP contribution in [-0.2, 0) is 36.7 Å². The molecule has 196 valence electrons. The first kappa shape index (κ1) is 28.9. The highest BCUT2D eigenvalue weighted by Crippen LogP contribution is 2.60. The quantitative estimate of drug-likeness (QED) is 0.0994. The predicted molar refractivity (Wildman–Crippen MR) is 111 cm³/mol. The van der Waals surface area contributed by atoms with Gasteiger partial charge in [-0.1, -0.05) is 0 Å². The molecule has 0 spiro atoms. The predicted octanol–water partition coefficient (Wildman–Crippen LogP) is -2.60. The van der Waals surface area contributed by atoms with Crippen molar-refractivity contribution in [2.45, 2.75) is 24.5 Å². The maximum absolute atomic E-state index is 12.0. The number of ether oxygens (including phenoxy) is 3. The van der Waals surface area contributed by atoms with Gasteiger partial charge in [-0.25, -0.2) is 13.9 Å². The van der Waals surface area contributed by atoms with Gasteiger partial charge in [-0.15, -0.1) is 0 Å². The van der Waals surface area contributed by atoms with E-state index in [0.717, 1.165) is 16.8 Å². The lowest BCUT2D eigenvalue weighted by Crippen LogP contribution is -2.37. The van der Waals surface area contributed by atoms with Crippen LogP contribution in [0.15, 0.2) is 21.9 Å². The lowest BCUT2D eigenvalue weighted by molar-refractivity contribution is -0.0543. The monoisotopic (exact) mass is 535 g/mol. The van der Waals surface area contributed by atoms with Gasteiger partial charge in [0.25, 0.3) is 5.56 Å². The highest BCUT2D eigenvalue weighted by Gasteiger charge is 2.46. The molecule has 0 aliphatic carbocycles. The summed E-state index contributed by atoms with van der Waals surface area (Å²) in [7, 11) is -10.2. The van der Waals surface area contributed by atoms with E-state index in [2.05, 4.69) is 13.4 Å². The summed E-state index contributed by atoms with van der Waals surface area (Å²) in [5.74, 6) is 0. The van der Waals surface area contributed by atoms with Crippen molar-refractivity contribution in [3.63, 3.8) is 0 Å². The Morgan fingerprint density at radius 1 is 1.00 bits per heavy atom. The number of phosphoric ester groups is 2. The van der Waals surface area contributed by atoms with Crippen LogP contribution in [0.4, 0.5) is 0 Å². The lowest BCUT2D eigenvalue weighted by atomic mass is 10.1. The van der Waals surface area contributed by atoms with E-state index < -0.39 is 64.6 Å². The van der Waals surface area contributed by atoms with E-state index in [1.165, 1.54) is 0 Å². The van der Waals surface area contributed by atoms with Crippen molar-refractivity contribution in [2.75, 3.05) is 46.2 Å². The second kappa shape index (κ2) is 13.1. The molecule has 6 unspecified atom stereocenters. The average Bonchev–Trinajstić information content (AvgIpc) is 3.02. The van der Waals surface area contributed by atoms with Crippen LogP contribution in [0, 0.1) is 0 Å². The van der Waals surface area contributed by atoms with Crippen molar-refractivity contribution in [1.82, 2.24) is 9.55 Å². The van der Waals surface area contributed by atoms with Gasteiger partial charge < -0.3 is 39.9 Å². The number of nitrogens with two attached hydrogens (primary N) is 1. The number of rotatable bonds is 15. The molecule has 1 saturated heterocycles. The maximum Gasteiger partial charge on any atom is 0.481 e. The third-order valence-electron chi connectivity index (χ3n) is 4.19. The fourth-order valence-corrected chi connectivity index (χ4v) is 4.75. The van der Waals surface area contributed by atoms with Crippen molar-refractivity contribution >= 4 is 15.6 Å². The fourth-order valence-electron chi connectivity index (χ4n) is 2.69. The molecule has 17 nitrogen and oxygen atoms in total. The average molecular weight is 535 g/mol. The second-order valence-corrected chi connectivity index (χ2v) is 9.77. The van der Waals surface area contributed by atoms with E-state index in [1.54, 1.807) is 0 Å². The van der Waals surface area contributed by atoms with E-state index in [-0.39, 0.29) is 19.8 Å². The molecular weight excluding hydrogens is 508 g/mol. The molecule has 1 fully saturated rings. The van der Waals surface area contributed by atoms with Gasteiger partial charge in [0.05, 0.1) is 39.6 Å². The zero-order chi connectivity index (χ0) is 25.4. The van der Waals surface area contributed by atoms with Crippen molar-refractivity contribution in [1.29, 1.82) is 0 Å². The van der Waals surface area contributed by atoms with Gasteiger partial charge in [-0.2, -0.15) is 4.31 Å². The Balaban J connectivity index is 1.81. The van der Waals surface area contributed by atoms with Crippen molar-refractivity contribution in [2.24, 2.45) is 5.73 Å². The number of aromatic nitrogens is 2. The van der Waals surface area contributed by atoms with E-state index in [0.29, 0.717) is 13.2 Å². The summed E-state index contributed by atoms with van der Waals surface area (Å²) in [6.45, 7) is -0.403. The summed E-state index contributed by atoms with van der Waals surface area (Å²) in [6.07, 6.45) is -5.26. The molecule has 1 aliphatic heterocycles. The lowest BCUT2D eigenvalue weighted by Gasteiger charge is -2.19. The first-order valence-corrected chi connectivity index (χ1v) is 12.8. The molecule has 2 heterocycles. The standard InChI is InChI=1S/C15H27N3O14P2/c16-2-4-27-5-6-28-7-8-29-33(23,24)32-34(25,26)30-9-10-12(20)13(21)14(31-10)18-3-1-11(19)17-15(18)22/h1,3,10,12-14,20-21H,2,4-9,16H2,(H,23,24)(H,25,26)(H,17,19,22). The smallest absolute Gasteiger partial charge is 0.387 e. The van der Waals surface area contributed by atoms with Crippen LogP contribution in [0.2, 0.25) is 0 Å². The first-order chi connectivity index (χ1) is 16.0. The van der Waals surface area contributed by atoms with E-state index in [4.69, 9.17) is 19.9 Å². The molecule has 0 radical (unpaired) electrons. The third-order valence-corrected chi connectivity index (χ3v) is 6.82. The summed E-state index contributed by atoms with van der Waals surface area (Å²) >= 11 is 0. The first-order valence-electron chi connectivity index (χ1n) is 9.80. The molecule has 0 aromatic carbocycles. The summed E-state index contributed by atoms with van der Waals surface area (Å²) in [5.41, 5.74) is 3.59. The van der Waals surface area contributed by atoms with Crippen molar-refractivity contribution in [3.8, 4) is 0 Å². The van der Waals surface area contributed by atoms with Crippen LogP contribution in [0.3, 0.4) is 0 Å². The zero-order valence-electron chi connectivity index (χ0n) is 17.7. The van der Waals surface area contributed by atoms with Crippen molar-refractivity contribution < 1.29 is 56.7 Å². The van der Waals surface area contributed by atoms with Crippen molar-refractivity contribution in [3.05, 3.63) is 33.1 Å². The number of aliphatic hydroxyl groups excluding tert-OH is 2. The Bertz CT molecular complexity index is 986. The van der Waals surface area contributed by atoms with Gasteiger partial charge in [0.1, 0.15) is 18.3 Å². The molecule has 0 saturated carbocycles. The molecule has 2 rings (SSSR count). The van der Waals surface area contributed by atoms with Crippen LogP contribution in [0.5, 0.6) is 0 Å². The normalized spacial score (nSPS) is 26.3. The van der Waals surface area contributed by atoms with Crippen LogP contribution >= 0.6 is 15.6 Å². The highest BCUT2D eigenvalue weighted by molar-refractivity contribution is 7.61. The molecule has 1 aromatic heterocycles. The van der Waals surface area contributed by atoms with Gasteiger partial charge >= 0.3 is 21.3 Å². The van der Waals surface area contributed by atoms with E-state index in [9.17, 15) is 38.7 Å². The Morgan fingerprint density at radius 2 is 1.62 bits per heavy atom. The topological polar surface area (TPSA) is 251 Å². The molecule has 0 amide bonds.